The molecule has 1 atom stereocenters. The van der Waals surface area contributed by atoms with Gasteiger partial charge in [-0.25, -0.2) is 8.42 Å². The monoisotopic (exact) mass is 599 g/mol. The van der Waals surface area contributed by atoms with Crippen molar-refractivity contribution in [2.45, 2.75) is 51.6 Å². The molecule has 0 aromatic heterocycles. The number of hydrogen-bond donors (Lipinski definition) is 1. The lowest BCUT2D eigenvalue weighted by molar-refractivity contribution is -0.139. The number of carbonyl (C=O) groups excluding carboxylic acids is 2. The van der Waals surface area contributed by atoms with E-state index in [0.29, 0.717) is 12.2 Å². The fourth-order valence-corrected chi connectivity index (χ4v) is 5.52. The number of nitrogens with zero attached hydrogens (tertiary/aromatic N) is 2. The van der Waals surface area contributed by atoms with E-state index in [4.69, 9.17) is 0 Å². The predicted molar refractivity (Wildman–Crippen MR) is 154 cm³/mol. The van der Waals surface area contributed by atoms with Gasteiger partial charge in [-0.2, -0.15) is 0 Å². The van der Waals surface area contributed by atoms with Gasteiger partial charge in [0.1, 0.15) is 12.6 Å². The summed E-state index contributed by atoms with van der Waals surface area (Å²) in [6.07, 6.45) is 0.759. The first kappa shape index (κ1) is 29.4. The van der Waals surface area contributed by atoms with E-state index < -0.39 is 28.5 Å². The number of aryl methyl sites for hydroxylation is 2. The van der Waals surface area contributed by atoms with Gasteiger partial charge < -0.3 is 10.2 Å². The molecule has 1 N–H and O–H groups in total. The standard InChI is InChI=1S/C29H34BrN3O4S/c1-5-18-31-29(35)23(4)32(19-24-10-12-25(30)13-11-24)28(34)20-33(26-14-6-21(2)7-15-26)38(36,37)27-16-8-22(3)9-17-27/h6-17,23H,5,18-20H2,1-4H3,(H,31,35). The number of anilines is 1. The molecule has 0 aliphatic heterocycles. The van der Waals surface area contributed by atoms with Gasteiger partial charge in [-0.1, -0.05) is 70.4 Å². The van der Waals surface area contributed by atoms with E-state index in [9.17, 15) is 18.0 Å². The SMILES string of the molecule is CCCNC(=O)C(C)N(Cc1ccc(Br)cc1)C(=O)CN(c1ccc(C)cc1)S(=O)(=O)c1ccc(C)cc1. The minimum absolute atomic E-state index is 0.0877. The summed E-state index contributed by atoms with van der Waals surface area (Å²) in [5.41, 5.74) is 3.08. The first-order chi connectivity index (χ1) is 18.0. The largest absolute Gasteiger partial charge is 0.354 e. The minimum Gasteiger partial charge on any atom is -0.354 e. The molecule has 1 unspecified atom stereocenters. The highest BCUT2D eigenvalue weighted by atomic mass is 79.9. The van der Waals surface area contributed by atoms with Crippen LogP contribution in [0.5, 0.6) is 0 Å². The molecule has 0 saturated carbocycles. The molecule has 3 aromatic rings. The molecule has 0 spiro atoms. The third kappa shape index (κ3) is 7.45. The highest BCUT2D eigenvalue weighted by molar-refractivity contribution is 9.10. The molecule has 3 aromatic carbocycles. The summed E-state index contributed by atoms with van der Waals surface area (Å²) in [7, 11) is -4.07. The van der Waals surface area contributed by atoms with E-state index in [0.717, 1.165) is 31.9 Å². The lowest BCUT2D eigenvalue weighted by Gasteiger charge is -2.32. The molecule has 9 heteroatoms. The Balaban J connectivity index is 2.00. The number of nitrogens with one attached hydrogen (secondary N) is 1. The number of carbonyl (C=O) groups is 2. The Morgan fingerprint density at radius 3 is 2.00 bits per heavy atom. The molecule has 7 nitrogen and oxygen atoms in total. The topological polar surface area (TPSA) is 86.8 Å². The van der Waals surface area contributed by atoms with Gasteiger partial charge >= 0.3 is 0 Å². The zero-order valence-electron chi connectivity index (χ0n) is 22.1. The Labute approximate surface area is 234 Å². The molecule has 3 rings (SSSR count). The molecule has 38 heavy (non-hydrogen) atoms. The molecule has 0 fully saturated rings. The Morgan fingerprint density at radius 2 is 1.45 bits per heavy atom. The van der Waals surface area contributed by atoms with E-state index >= 15 is 0 Å². The number of rotatable bonds is 11. The molecule has 0 bridgehead atoms. The first-order valence-corrected chi connectivity index (χ1v) is 14.7. The molecule has 2 amide bonds. The van der Waals surface area contributed by atoms with Crippen molar-refractivity contribution >= 4 is 43.5 Å². The van der Waals surface area contributed by atoms with Crippen LogP contribution in [-0.4, -0.2) is 44.3 Å². The number of hydrogen-bond acceptors (Lipinski definition) is 4. The zero-order chi connectivity index (χ0) is 27.9. The molecule has 0 heterocycles. The number of halogens is 1. The van der Waals surface area contributed by atoms with Crippen LogP contribution in [0.1, 0.15) is 37.0 Å². The second-order valence-corrected chi connectivity index (χ2v) is 12.1. The van der Waals surface area contributed by atoms with Crippen molar-refractivity contribution in [1.29, 1.82) is 0 Å². The summed E-state index contributed by atoms with van der Waals surface area (Å²) in [6, 6.07) is 20.1. The molecule has 0 saturated heterocycles. The van der Waals surface area contributed by atoms with E-state index in [-0.39, 0.29) is 17.3 Å². The van der Waals surface area contributed by atoms with Gasteiger partial charge in [-0.05, 0) is 69.2 Å². The summed E-state index contributed by atoms with van der Waals surface area (Å²) >= 11 is 3.42. The maximum Gasteiger partial charge on any atom is 0.264 e. The smallest absolute Gasteiger partial charge is 0.264 e. The van der Waals surface area contributed by atoms with Crippen LogP contribution < -0.4 is 9.62 Å². The quantitative estimate of drug-likeness (QED) is 0.328. The maximum absolute atomic E-state index is 13.8. The van der Waals surface area contributed by atoms with E-state index in [2.05, 4.69) is 21.2 Å². The highest BCUT2D eigenvalue weighted by Crippen LogP contribution is 2.25. The van der Waals surface area contributed by atoms with Crippen molar-refractivity contribution in [3.63, 3.8) is 0 Å². The molecular formula is C29H34BrN3O4S. The Hall–Kier alpha value is -3.17. The predicted octanol–water partition coefficient (Wildman–Crippen LogP) is 5.20. The fraction of sp³-hybridized carbons (Fsp3) is 0.310. The molecular weight excluding hydrogens is 566 g/mol. The van der Waals surface area contributed by atoms with Gasteiger partial charge in [-0.15, -0.1) is 0 Å². The van der Waals surface area contributed by atoms with Crippen LogP contribution >= 0.6 is 15.9 Å². The average Bonchev–Trinajstić information content (AvgIpc) is 2.90. The third-order valence-corrected chi connectivity index (χ3v) is 8.51. The average molecular weight is 601 g/mol. The summed E-state index contributed by atoms with van der Waals surface area (Å²) < 4.78 is 29.6. The minimum atomic E-state index is -4.07. The normalized spacial score (nSPS) is 12.0. The van der Waals surface area contributed by atoms with Gasteiger partial charge in [0.05, 0.1) is 10.6 Å². The summed E-state index contributed by atoms with van der Waals surface area (Å²) in [4.78, 5) is 28.3. The first-order valence-electron chi connectivity index (χ1n) is 12.5. The molecule has 202 valence electrons. The van der Waals surface area contributed by atoms with Crippen molar-refractivity contribution < 1.29 is 18.0 Å². The van der Waals surface area contributed by atoms with Crippen molar-refractivity contribution in [1.82, 2.24) is 10.2 Å². The van der Waals surface area contributed by atoms with Gasteiger partial charge in [0.15, 0.2) is 0 Å². The molecule has 0 aliphatic rings. The Bertz CT molecular complexity index is 1340. The van der Waals surface area contributed by atoms with Crippen LogP contribution in [0.2, 0.25) is 0 Å². The fourth-order valence-electron chi connectivity index (χ4n) is 3.84. The number of sulfonamides is 1. The van der Waals surface area contributed by atoms with Crippen LogP contribution in [0, 0.1) is 13.8 Å². The van der Waals surface area contributed by atoms with Crippen LogP contribution in [0.25, 0.3) is 0 Å². The van der Waals surface area contributed by atoms with Crippen LogP contribution in [0.4, 0.5) is 5.69 Å². The zero-order valence-corrected chi connectivity index (χ0v) is 24.6. The second-order valence-electron chi connectivity index (χ2n) is 9.28. The van der Waals surface area contributed by atoms with Gasteiger partial charge in [-0.3, -0.25) is 13.9 Å². The van der Waals surface area contributed by atoms with Crippen LogP contribution in [0.3, 0.4) is 0 Å². The number of benzene rings is 3. The third-order valence-electron chi connectivity index (χ3n) is 6.19. The van der Waals surface area contributed by atoms with Crippen molar-refractivity contribution in [3.8, 4) is 0 Å². The van der Waals surface area contributed by atoms with Gasteiger partial charge in [0, 0.05) is 17.6 Å². The van der Waals surface area contributed by atoms with Crippen molar-refractivity contribution in [2.75, 3.05) is 17.4 Å². The van der Waals surface area contributed by atoms with Crippen molar-refractivity contribution in [2.24, 2.45) is 0 Å². The lowest BCUT2D eigenvalue weighted by atomic mass is 10.1. The summed E-state index contributed by atoms with van der Waals surface area (Å²) in [5, 5.41) is 2.84. The Kier molecular flexibility index (Phi) is 10.1. The Morgan fingerprint density at radius 1 is 0.895 bits per heavy atom. The van der Waals surface area contributed by atoms with Crippen molar-refractivity contribution in [3.05, 3.63) is 94.0 Å². The van der Waals surface area contributed by atoms with E-state index in [1.165, 1.54) is 17.0 Å². The van der Waals surface area contributed by atoms with Gasteiger partial charge in [0.25, 0.3) is 10.0 Å². The molecule has 0 radical (unpaired) electrons. The van der Waals surface area contributed by atoms with Crippen LogP contribution in [-0.2, 0) is 26.2 Å². The molecule has 0 aliphatic carbocycles. The lowest BCUT2D eigenvalue weighted by Crippen LogP contribution is -2.51. The van der Waals surface area contributed by atoms with E-state index in [1.807, 2.05) is 45.0 Å². The maximum atomic E-state index is 13.8. The highest BCUT2D eigenvalue weighted by Gasteiger charge is 2.32. The second kappa shape index (κ2) is 13.1. The number of amides is 2. The van der Waals surface area contributed by atoms with Gasteiger partial charge in [0.2, 0.25) is 11.8 Å². The summed E-state index contributed by atoms with van der Waals surface area (Å²) in [5.74, 6) is -0.774. The van der Waals surface area contributed by atoms with E-state index in [1.54, 1.807) is 43.3 Å². The summed E-state index contributed by atoms with van der Waals surface area (Å²) in [6.45, 7) is 7.57. The van der Waals surface area contributed by atoms with Crippen LogP contribution in [0.15, 0.2) is 82.2 Å².